The third-order valence-corrected chi connectivity index (χ3v) is 4.83. The highest BCUT2D eigenvalue weighted by Crippen LogP contribution is 2.37. The fourth-order valence-electron chi connectivity index (χ4n) is 2.33. The van der Waals surface area contributed by atoms with Gasteiger partial charge in [-0.25, -0.2) is 0 Å². The van der Waals surface area contributed by atoms with Crippen molar-refractivity contribution < 1.29 is 14.6 Å². The van der Waals surface area contributed by atoms with Crippen molar-refractivity contribution in [3.05, 3.63) is 79.2 Å². The summed E-state index contributed by atoms with van der Waals surface area (Å²) in [6.45, 7) is 0. The van der Waals surface area contributed by atoms with Crippen LogP contribution in [0.15, 0.2) is 53.4 Å². The van der Waals surface area contributed by atoms with Gasteiger partial charge < -0.3 is 0 Å². The van der Waals surface area contributed by atoms with Crippen molar-refractivity contribution >= 4 is 57.3 Å². The number of nitrogens with zero attached hydrogens (tertiary/aromatic N) is 3. The summed E-state index contributed by atoms with van der Waals surface area (Å²) in [7, 11) is 0. The van der Waals surface area contributed by atoms with Crippen LogP contribution in [0.3, 0.4) is 0 Å². The first-order valence-electron chi connectivity index (χ1n) is 7.14. The molecule has 0 aromatic heterocycles. The predicted molar refractivity (Wildman–Crippen MR) is 102 cm³/mol. The minimum absolute atomic E-state index is 0.102. The standard InChI is InChI=1S/C16H9N3O5S2/c20-15-14(9-10-3-1-2-4-13(10)19(23)24)26-16(25)17(15)11-5-7-12(8-6-11)18(21)22/h1-9H/b14-9+. The minimum Gasteiger partial charge on any atom is -0.268 e. The number of anilines is 1. The van der Waals surface area contributed by atoms with Crippen LogP contribution in [0, 0.1) is 20.2 Å². The lowest BCUT2D eigenvalue weighted by molar-refractivity contribution is -0.385. The number of thiocarbonyl (C=S) groups is 1. The number of non-ortho nitro benzene ring substituents is 1. The molecule has 0 atom stereocenters. The third kappa shape index (κ3) is 3.32. The number of benzene rings is 2. The molecule has 26 heavy (non-hydrogen) atoms. The van der Waals surface area contributed by atoms with Crippen molar-refractivity contribution in [2.24, 2.45) is 0 Å². The molecule has 10 heteroatoms. The first kappa shape index (κ1) is 17.7. The Morgan fingerprint density at radius 1 is 1.00 bits per heavy atom. The van der Waals surface area contributed by atoms with Gasteiger partial charge in [-0.05, 0) is 24.3 Å². The van der Waals surface area contributed by atoms with Gasteiger partial charge in [0, 0.05) is 18.2 Å². The van der Waals surface area contributed by atoms with Gasteiger partial charge in [-0.1, -0.05) is 36.1 Å². The van der Waals surface area contributed by atoms with Crippen LogP contribution in [-0.2, 0) is 4.79 Å². The molecule has 2 aromatic rings. The van der Waals surface area contributed by atoms with Gasteiger partial charge in [-0.15, -0.1) is 0 Å². The second-order valence-electron chi connectivity index (χ2n) is 5.11. The summed E-state index contributed by atoms with van der Waals surface area (Å²) in [5.41, 5.74) is 0.466. The van der Waals surface area contributed by atoms with E-state index in [0.717, 1.165) is 11.8 Å². The molecule has 1 fully saturated rings. The molecule has 1 saturated heterocycles. The van der Waals surface area contributed by atoms with E-state index in [1.54, 1.807) is 6.07 Å². The molecular formula is C16H9N3O5S2. The smallest absolute Gasteiger partial charge is 0.268 e. The zero-order chi connectivity index (χ0) is 18.8. The first-order chi connectivity index (χ1) is 12.4. The molecule has 0 radical (unpaired) electrons. The molecular weight excluding hydrogens is 378 g/mol. The maximum atomic E-state index is 12.7. The van der Waals surface area contributed by atoms with Crippen molar-refractivity contribution in [3.63, 3.8) is 0 Å². The van der Waals surface area contributed by atoms with Gasteiger partial charge in [0.05, 0.1) is 26.0 Å². The number of carbonyl (C=O) groups is 1. The zero-order valence-electron chi connectivity index (χ0n) is 12.9. The Hall–Kier alpha value is -3.11. The zero-order valence-corrected chi connectivity index (χ0v) is 14.5. The molecule has 3 rings (SSSR count). The monoisotopic (exact) mass is 387 g/mol. The lowest BCUT2D eigenvalue weighted by Gasteiger charge is -2.13. The lowest BCUT2D eigenvalue weighted by Crippen LogP contribution is -2.27. The van der Waals surface area contributed by atoms with Crippen LogP contribution in [0.25, 0.3) is 6.08 Å². The Kier molecular flexibility index (Phi) is 4.78. The van der Waals surface area contributed by atoms with Gasteiger partial charge in [-0.3, -0.25) is 29.9 Å². The lowest BCUT2D eigenvalue weighted by atomic mass is 10.1. The molecule has 0 spiro atoms. The first-order valence-corrected chi connectivity index (χ1v) is 8.37. The number of para-hydroxylation sites is 1. The van der Waals surface area contributed by atoms with Gasteiger partial charge in [-0.2, -0.15) is 0 Å². The average Bonchev–Trinajstić information content (AvgIpc) is 2.89. The Labute approximate surface area is 156 Å². The number of amides is 1. The number of hydrogen-bond acceptors (Lipinski definition) is 7. The number of hydrogen-bond donors (Lipinski definition) is 0. The molecule has 8 nitrogen and oxygen atoms in total. The van der Waals surface area contributed by atoms with E-state index < -0.39 is 15.8 Å². The second-order valence-corrected chi connectivity index (χ2v) is 6.78. The summed E-state index contributed by atoms with van der Waals surface area (Å²) in [4.78, 5) is 34.9. The summed E-state index contributed by atoms with van der Waals surface area (Å²) in [5.74, 6) is -0.438. The summed E-state index contributed by atoms with van der Waals surface area (Å²) in [5, 5.41) is 21.8. The molecule has 0 aliphatic carbocycles. The molecule has 130 valence electrons. The average molecular weight is 387 g/mol. The van der Waals surface area contributed by atoms with Crippen molar-refractivity contribution in [1.82, 2.24) is 0 Å². The van der Waals surface area contributed by atoms with Crippen LogP contribution in [0.2, 0.25) is 0 Å². The molecule has 0 N–H and O–H groups in total. The number of nitro benzene ring substituents is 2. The van der Waals surface area contributed by atoms with Crippen LogP contribution in [0.1, 0.15) is 5.56 Å². The van der Waals surface area contributed by atoms with Crippen molar-refractivity contribution in [2.45, 2.75) is 0 Å². The Bertz CT molecular complexity index is 972. The molecule has 1 amide bonds. The van der Waals surface area contributed by atoms with Crippen molar-refractivity contribution in [3.8, 4) is 0 Å². The third-order valence-electron chi connectivity index (χ3n) is 3.53. The topological polar surface area (TPSA) is 107 Å². The molecule has 1 heterocycles. The number of thioether (sulfide) groups is 1. The summed E-state index contributed by atoms with van der Waals surface area (Å²) in [6.07, 6.45) is 1.42. The Morgan fingerprint density at radius 3 is 2.27 bits per heavy atom. The van der Waals surface area contributed by atoms with Gasteiger partial charge in [0.25, 0.3) is 17.3 Å². The molecule has 1 aliphatic rings. The summed E-state index contributed by atoms with van der Waals surface area (Å²) in [6, 6.07) is 11.5. The SMILES string of the molecule is O=C1/C(=C\c2ccccc2[N+](=O)[O-])SC(=S)N1c1ccc([N+](=O)[O-])cc1. The molecule has 0 bridgehead atoms. The summed E-state index contributed by atoms with van der Waals surface area (Å²) >= 11 is 6.24. The highest BCUT2D eigenvalue weighted by atomic mass is 32.2. The molecule has 0 unspecified atom stereocenters. The van der Waals surface area contributed by atoms with Gasteiger partial charge in [0.15, 0.2) is 4.32 Å². The number of nitro groups is 2. The number of carbonyl (C=O) groups excluding carboxylic acids is 1. The fraction of sp³-hybridized carbons (Fsp3) is 0. The molecule has 0 saturated carbocycles. The normalized spacial score (nSPS) is 15.5. The maximum Gasteiger partial charge on any atom is 0.276 e. The Balaban J connectivity index is 1.94. The maximum absolute atomic E-state index is 12.7. The fourth-order valence-corrected chi connectivity index (χ4v) is 3.62. The summed E-state index contributed by atoms with van der Waals surface area (Å²) < 4.78 is 0.244. The van der Waals surface area contributed by atoms with E-state index >= 15 is 0 Å². The van der Waals surface area contributed by atoms with E-state index in [1.165, 1.54) is 53.4 Å². The van der Waals surface area contributed by atoms with Crippen LogP contribution in [0.4, 0.5) is 17.1 Å². The van der Waals surface area contributed by atoms with Crippen LogP contribution < -0.4 is 4.90 Å². The van der Waals surface area contributed by atoms with E-state index in [2.05, 4.69) is 0 Å². The predicted octanol–water partition coefficient (Wildman–Crippen LogP) is 3.91. The van der Waals surface area contributed by atoms with E-state index in [4.69, 9.17) is 12.2 Å². The van der Waals surface area contributed by atoms with Gasteiger partial charge >= 0.3 is 0 Å². The highest BCUT2D eigenvalue weighted by molar-refractivity contribution is 8.27. The van der Waals surface area contributed by atoms with E-state index in [9.17, 15) is 25.0 Å². The highest BCUT2D eigenvalue weighted by Gasteiger charge is 2.34. The molecule has 2 aromatic carbocycles. The van der Waals surface area contributed by atoms with E-state index in [-0.39, 0.29) is 20.6 Å². The quantitative estimate of drug-likeness (QED) is 0.339. The van der Waals surface area contributed by atoms with Crippen LogP contribution in [0.5, 0.6) is 0 Å². The second kappa shape index (κ2) is 7.02. The van der Waals surface area contributed by atoms with Gasteiger partial charge in [0.2, 0.25) is 0 Å². The van der Waals surface area contributed by atoms with Crippen LogP contribution >= 0.6 is 24.0 Å². The van der Waals surface area contributed by atoms with Crippen molar-refractivity contribution in [1.29, 1.82) is 0 Å². The largest absolute Gasteiger partial charge is 0.276 e. The minimum atomic E-state index is -0.539. The molecule has 1 aliphatic heterocycles. The Morgan fingerprint density at radius 2 is 1.65 bits per heavy atom. The van der Waals surface area contributed by atoms with E-state index in [1.807, 2.05) is 0 Å². The van der Waals surface area contributed by atoms with E-state index in [0.29, 0.717) is 11.3 Å². The number of rotatable bonds is 4. The van der Waals surface area contributed by atoms with Crippen LogP contribution in [-0.4, -0.2) is 20.1 Å². The van der Waals surface area contributed by atoms with Crippen molar-refractivity contribution in [2.75, 3.05) is 4.90 Å². The van der Waals surface area contributed by atoms with Gasteiger partial charge in [0.1, 0.15) is 0 Å².